The Hall–Kier alpha value is -3.88. The zero-order valence-electron chi connectivity index (χ0n) is 30.9. The van der Waals surface area contributed by atoms with E-state index in [0.29, 0.717) is 56.9 Å². The predicted octanol–water partition coefficient (Wildman–Crippen LogP) is 0.323. The molecule has 0 spiro atoms. The zero-order chi connectivity index (χ0) is 39.3. The number of aromatic nitrogens is 2. The van der Waals surface area contributed by atoms with E-state index < -0.39 is 57.8 Å². The smallest absolute Gasteiger partial charge is 0.379 e. The zero-order valence-corrected chi connectivity index (χ0v) is 31.7. The first-order valence-electron chi connectivity index (χ1n) is 18.9. The lowest BCUT2D eigenvalue weighted by atomic mass is 9.83. The quantitative estimate of drug-likeness (QED) is 0.123. The van der Waals surface area contributed by atoms with Crippen LogP contribution in [-0.4, -0.2) is 141 Å². The molecule has 5 rings (SSSR count). The summed E-state index contributed by atoms with van der Waals surface area (Å²) in [5.74, 6) is -9.95. The van der Waals surface area contributed by atoms with E-state index in [0.717, 1.165) is 23.6 Å². The summed E-state index contributed by atoms with van der Waals surface area (Å²) in [6.45, 7) is 2.85. The average molecular weight is 795 g/mol. The molecule has 3 atom stereocenters. The van der Waals surface area contributed by atoms with Crippen LogP contribution >= 0.6 is 0 Å². The number of nitrogens with zero attached hydrogens (tertiary/aromatic N) is 3. The van der Waals surface area contributed by atoms with Crippen molar-refractivity contribution in [3.63, 3.8) is 0 Å². The molecule has 2 aromatic rings. The number of hydrogen-bond acceptors (Lipinski definition) is 10. The molecular weight excluding hydrogens is 743 g/mol. The Morgan fingerprint density at radius 1 is 0.873 bits per heavy atom. The summed E-state index contributed by atoms with van der Waals surface area (Å²) < 4.78 is 72.3. The number of carbonyl (C=O) groups excluding carboxylic acids is 4. The fourth-order valence-electron chi connectivity index (χ4n) is 7.03. The van der Waals surface area contributed by atoms with Crippen LogP contribution in [0.4, 0.5) is 8.78 Å². The second-order valence-electron chi connectivity index (χ2n) is 14.2. The molecule has 304 valence electrons. The van der Waals surface area contributed by atoms with Gasteiger partial charge in [0.05, 0.1) is 38.8 Å². The molecule has 1 aromatic heterocycles. The number of amides is 3. The first kappa shape index (κ1) is 42.3. The van der Waals surface area contributed by atoms with Crippen LogP contribution in [-0.2, 0) is 51.7 Å². The van der Waals surface area contributed by atoms with Gasteiger partial charge in [-0.25, -0.2) is 4.98 Å². The molecular formula is C36H52F2N8O8S. The summed E-state index contributed by atoms with van der Waals surface area (Å²) in [5.41, 5.74) is 1.03. The summed E-state index contributed by atoms with van der Waals surface area (Å²) in [6.07, 6.45) is 6.32. The number of aromatic amines is 1. The van der Waals surface area contributed by atoms with Crippen molar-refractivity contribution in [3.05, 3.63) is 54.1 Å². The second-order valence-corrected chi connectivity index (χ2v) is 15.9. The molecule has 5 N–H and O–H groups in total. The third-order valence-electron chi connectivity index (χ3n) is 10.2. The minimum absolute atomic E-state index is 0.0762. The van der Waals surface area contributed by atoms with E-state index >= 15 is 8.78 Å². The maximum absolute atomic E-state index is 15.7. The fourth-order valence-corrected chi connectivity index (χ4v) is 8.36. The van der Waals surface area contributed by atoms with E-state index in [2.05, 4.69) is 30.6 Å². The number of hydrogen-bond donors (Lipinski definition) is 5. The number of Topliss-reactive ketones (excluding diaryl/α,β-unsaturated/α-hetero) is 1. The van der Waals surface area contributed by atoms with E-state index in [-0.39, 0.29) is 58.0 Å². The standard InChI is InChI=1S/C36H52F2N8O8S/c37-36(38,35(50)40-11-12-45-13-17-53-18-14-45)32(47)29(21-26-7-3-1-4-8-26)42-33(48)30(23-28-24-39-25-41-28)43-34(49)31(22-27-9-5-2-6-10-27)44-55(51,52)46-15-19-54-20-16-46/h2,5-6,9-10,24-26,29-31,44H,1,3-4,7-8,11-23H2,(H,39,41)(H,40,50)(H,42,48)(H,43,49)/t29-,30-,31-/m0/s1. The van der Waals surface area contributed by atoms with Gasteiger partial charge in [-0.1, -0.05) is 62.4 Å². The van der Waals surface area contributed by atoms with Crippen molar-refractivity contribution < 1.29 is 45.9 Å². The van der Waals surface area contributed by atoms with Gasteiger partial charge in [-0.2, -0.15) is 26.2 Å². The van der Waals surface area contributed by atoms with Gasteiger partial charge < -0.3 is 30.4 Å². The maximum atomic E-state index is 15.7. The monoisotopic (exact) mass is 794 g/mol. The Kier molecular flexibility index (Phi) is 15.6. The number of alkyl halides is 2. The topological polar surface area (TPSA) is 204 Å². The molecule has 1 aromatic carbocycles. The van der Waals surface area contributed by atoms with Crippen LogP contribution in [0.15, 0.2) is 42.9 Å². The minimum atomic E-state index is -4.46. The molecule has 3 amide bonds. The Bertz CT molecular complexity index is 1650. The predicted molar refractivity (Wildman–Crippen MR) is 196 cm³/mol. The third kappa shape index (κ3) is 12.6. The number of ketones is 1. The lowest BCUT2D eigenvalue weighted by Crippen LogP contribution is -2.60. The molecule has 3 aliphatic rings. The number of halogens is 2. The van der Waals surface area contributed by atoms with Gasteiger partial charge in [0.1, 0.15) is 12.1 Å². The van der Waals surface area contributed by atoms with Crippen LogP contribution in [0, 0.1) is 5.92 Å². The maximum Gasteiger partial charge on any atom is 0.383 e. The molecule has 0 bridgehead atoms. The number of morpholine rings is 2. The highest BCUT2D eigenvalue weighted by atomic mass is 32.2. The van der Waals surface area contributed by atoms with Gasteiger partial charge >= 0.3 is 5.92 Å². The molecule has 1 saturated carbocycles. The summed E-state index contributed by atoms with van der Waals surface area (Å²) in [7, 11) is -4.19. The van der Waals surface area contributed by atoms with Crippen LogP contribution < -0.4 is 20.7 Å². The van der Waals surface area contributed by atoms with Crippen molar-refractivity contribution in [1.82, 2.24) is 39.8 Å². The molecule has 2 saturated heterocycles. The van der Waals surface area contributed by atoms with Gasteiger partial charge in [0.25, 0.3) is 16.1 Å². The van der Waals surface area contributed by atoms with Crippen molar-refractivity contribution >= 4 is 33.7 Å². The number of carbonyl (C=O) groups is 4. The van der Waals surface area contributed by atoms with E-state index in [1.54, 1.807) is 30.3 Å². The van der Waals surface area contributed by atoms with E-state index in [9.17, 15) is 27.6 Å². The summed E-state index contributed by atoms with van der Waals surface area (Å²) >= 11 is 0. The molecule has 19 heteroatoms. The molecule has 0 unspecified atom stereocenters. The lowest BCUT2D eigenvalue weighted by Gasteiger charge is -2.31. The summed E-state index contributed by atoms with van der Waals surface area (Å²) in [4.78, 5) is 63.3. The number of ether oxygens (including phenoxy) is 2. The Labute approximate surface area is 320 Å². The highest BCUT2D eigenvalue weighted by molar-refractivity contribution is 7.87. The van der Waals surface area contributed by atoms with Crippen LogP contribution in [0.5, 0.6) is 0 Å². The SMILES string of the molecule is O=C(N[C@@H](CC1CCCCC1)C(=O)C(F)(F)C(=O)NCCN1CCOCC1)[C@H](Cc1cnc[nH]1)NC(=O)[C@H](Cc1ccccc1)NS(=O)(=O)N1CCOCC1. The number of imidazole rings is 1. The Morgan fingerprint density at radius 2 is 1.51 bits per heavy atom. The Balaban J connectivity index is 1.34. The average Bonchev–Trinajstić information content (AvgIpc) is 3.71. The summed E-state index contributed by atoms with van der Waals surface area (Å²) in [5, 5.41) is 7.24. The molecule has 0 radical (unpaired) electrons. The Morgan fingerprint density at radius 3 is 2.16 bits per heavy atom. The molecule has 16 nitrogen and oxygen atoms in total. The minimum Gasteiger partial charge on any atom is -0.379 e. The molecule has 3 heterocycles. The van der Waals surface area contributed by atoms with Crippen LogP contribution in [0.2, 0.25) is 0 Å². The van der Waals surface area contributed by atoms with Crippen molar-refractivity contribution in [1.29, 1.82) is 0 Å². The van der Waals surface area contributed by atoms with Crippen molar-refractivity contribution in [2.24, 2.45) is 5.92 Å². The lowest BCUT2D eigenvalue weighted by molar-refractivity contribution is -0.160. The van der Waals surface area contributed by atoms with Crippen molar-refractivity contribution in [3.8, 4) is 0 Å². The molecule has 3 fully saturated rings. The largest absolute Gasteiger partial charge is 0.383 e. The van der Waals surface area contributed by atoms with Crippen molar-refractivity contribution in [2.45, 2.75) is 75.4 Å². The van der Waals surface area contributed by atoms with E-state index in [1.165, 1.54) is 12.5 Å². The van der Waals surface area contributed by atoms with Gasteiger partial charge in [0.15, 0.2) is 0 Å². The van der Waals surface area contributed by atoms with Gasteiger partial charge in [-0.15, -0.1) is 0 Å². The third-order valence-corrected chi connectivity index (χ3v) is 11.8. The first-order valence-corrected chi connectivity index (χ1v) is 20.3. The number of nitrogens with one attached hydrogen (secondary N) is 5. The number of benzene rings is 1. The van der Waals surface area contributed by atoms with Crippen molar-refractivity contribution in [2.75, 3.05) is 65.7 Å². The molecule has 2 aliphatic heterocycles. The molecule has 55 heavy (non-hydrogen) atoms. The van der Waals surface area contributed by atoms with Crippen LogP contribution in [0.3, 0.4) is 0 Å². The van der Waals surface area contributed by atoms with Gasteiger partial charge in [0.2, 0.25) is 17.6 Å². The number of H-pyrrole nitrogens is 1. The van der Waals surface area contributed by atoms with Gasteiger partial charge in [0, 0.05) is 57.6 Å². The molecule has 1 aliphatic carbocycles. The fraction of sp³-hybridized carbons (Fsp3) is 0.639. The van der Waals surface area contributed by atoms with Gasteiger partial charge in [-0.3, -0.25) is 24.1 Å². The highest BCUT2D eigenvalue weighted by Crippen LogP contribution is 2.30. The first-order chi connectivity index (χ1) is 26.4. The second kappa shape index (κ2) is 20.3. The van der Waals surface area contributed by atoms with E-state index in [4.69, 9.17) is 9.47 Å². The summed E-state index contributed by atoms with van der Waals surface area (Å²) in [6, 6.07) is 4.07. The normalized spacial score (nSPS) is 19.5. The van der Waals surface area contributed by atoms with Crippen LogP contribution in [0.1, 0.15) is 49.8 Å². The van der Waals surface area contributed by atoms with Crippen LogP contribution in [0.25, 0.3) is 0 Å². The highest BCUT2D eigenvalue weighted by Gasteiger charge is 2.51. The number of rotatable bonds is 19. The van der Waals surface area contributed by atoms with E-state index in [1.807, 2.05) is 4.90 Å². The van der Waals surface area contributed by atoms with Gasteiger partial charge in [-0.05, 0) is 24.3 Å².